The van der Waals surface area contributed by atoms with E-state index in [1.54, 1.807) is 43.3 Å². The van der Waals surface area contributed by atoms with Crippen LogP contribution in [0.15, 0.2) is 42.5 Å². The first kappa shape index (κ1) is 15.4. The number of amides is 1. The third-order valence-electron chi connectivity index (χ3n) is 3.00. The second-order valence-electron chi connectivity index (χ2n) is 4.53. The molecule has 0 spiro atoms. The van der Waals surface area contributed by atoms with Gasteiger partial charge in [0, 0.05) is 11.3 Å². The molecule has 0 aliphatic rings. The highest BCUT2D eigenvalue weighted by molar-refractivity contribution is 6.06. The summed E-state index contributed by atoms with van der Waals surface area (Å²) in [5, 5.41) is 20.0. The molecule has 0 bridgehead atoms. The molecule has 0 saturated heterocycles. The molecule has 6 heteroatoms. The summed E-state index contributed by atoms with van der Waals surface area (Å²) in [6.07, 6.45) is 0. The number of benzene rings is 2. The fourth-order valence-electron chi connectivity index (χ4n) is 1.91. The largest absolute Gasteiger partial charge is 0.504 e. The molecule has 0 aromatic heterocycles. The molecule has 1 amide bonds. The van der Waals surface area contributed by atoms with Crippen LogP contribution in [0.25, 0.3) is 0 Å². The summed E-state index contributed by atoms with van der Waals surface area (Å²) in [4.78, 5) is 12.2. The smallest absolute Gasteiger partial charge is 0.259 e. The molecule has 0 aliphatic heterocycles. The molecular weight excluding hydrogens is 282 g/mol. The lowest BCUT2D eigenvalue weighted by Gasteiger charge is -2.10. The second-order valence-corrected chi connectivity index (χ2v) is 4.53. The van der Waals surface area contributed by atoms with Gasteiger partial charge in [-0.1, -0.05) is 6.07 Å². The van der Waals surface area contributed by atoms with Crippen LogP contribution in [0.4, 0.5) is 5.69 Å². The lowest BCUT2D eigenvalue weighted by atomic mass is 10.1. The lowest BCUT2D eigenvalue weighted by Crippen LogP contribution is -2.13. The van der Waals surface area contributed by atoms with Gasteiger partial charge in [0.1, 0.15) is 5.84 Å². The van der Waals surface area contributed by atoms with Gasteiger partial charge < -0.3 is 20.9 Å². The van der Waals surface area contributed by atoms with E-state index in [2.05, 4.69) is 5.32 Å². The monoisotopic (exact) mass is 299 g/mol. The molecule has 0 saturated carbocycles. The number of phenolic OH excluding ortho intramolecular Hbond substituents is 1. The molecule has 0 heterocycles. The van der Waals surface area contributed by atoms with E-state index in [0.29, 0.717) is 17.9 Å². The Morgan fingerprint density at radius 2 is 1.95 bits per heavy atom. The number of amidine groups is 1. The number of anilines is 1. The van der Waals surface area contributed by atoms with Crippen molar-refractivity contribution in [3.63, 3.8) is 0 Å². The number of carbonyl (C=O) groups is 1. The first-order valence-corrected chi connectivity index (χ1v) is 6.73. The minimum Gasteiger partial charge on any atom is -0.504 e. The quantitative estimate of drug-likeness (QED) is 0.502. The highest BCUT2D eigenvalue weighted by Crippen LogP contribution is 2.30. The molecule has 6 nitrogen and oxygen atoms in total. The van der Waals surface area contributed by atoms with Gasteiger partial charge >= 0.3 is 0 Å². The summed E-state index contributed by atoms with van der Waals surface area (Å²) in [7, 11) is 0. The number of hydrogen-bond acceptors (Lipinski definition) is 4. The van der Waals surface area contributed by atoms with E-state index < -0.39 is 5.91 Å². The summed E-state index contributed by atoms with van der Waals surface area (Å²) in [6.45, 7) is 2.19. The molecule has 0 aliphatic carbocycles. The summed E-state index contributed by atoms with van der Waals surface area (Å²) < 4.78 is 5.25. The number of nitrogens with one attached hydrogen (secondary N) is 2. The Morgan fingerprint density at radius 1 is 1.27 bits per heavy atom. The predicted octanol–water partition coefficient (Wildman–Crippen LogP) is 2.33. The maximum absolute atomic E-state index is 12.2. The number of phenols is 1. The number of ether oxygens (including phenoxy) is 1. The number of hydrogen-bond donors (Lipinski definition) is 4. The number of nitrogens with two attached hydrogens (primary N) is 1. The van der Waals surface area contributed by atoms with Crippen molar-refractivity contribution >= 4 is 17.4 Å². The number of nitrogen functional groups attached to an aromatic ring is 1. The van der Waals surface area contributed by atoms with E-state index in [0.717, 1.165) is 0 Å². The molecule has 0 atom stereocenters. The van der Waals surface area contributed by atoms with Crippen molar-refractivity contribution < 1.29 is 14.6 Å². The van der Waals surface area contributed by atoms with E-state index in [4.69, 9.17) is 15.9 Å². The van der Waals surface area contributed by atoms with Gasteiger partial charge in [0.2, 0.25) is 0 Å². The third-order valence-corrected chi connectivity index (χ3v) is 3.00. The molecule has 0 fully saturated rings. The lowest BCUT2D eigenvalue weighted by molar-refractivity contribution is 0.102. The van der Waals surface area contributed by atoms with E-state index in [1.807, 2.05) is 0 Å². The Labute approximate surface area is 128 Å². The first-order chi connectivity index (χ1) is 10.5. The van der Waals surface area contributed by atoms with Crippen molar-refractivity contribution in [2.45, 2.75) is 6.92 Å². The minimum atomic E-state index is -0.449. The summed E-state index contributed by atoms with van der Waals surface area (Å²) in [5.41, 5.74) is 6.60. The first-order valence-electron chi connectivity index (χ1n) is 6.73. The number of para-hydroxylation sites is 1. The van der Waals surface area contributed by atoms with Crippen molar-refractivity contribution in [3.8, 4) is 11.5 Å². The Balaban J connectivity index is 2.18. The number of rotatable bonds is 5. The van der Waals surface area contributed by atoms with Crippen LogP contribution in [-0.2, 0) is 0 Å². The van der Waals surface area contributed by atoms with Gasteiger partial charge in [-0.15, -0.1) is 0 Å². The van der Waals surface area contributed by atoms with Crippen molar-refractivity contribution in [3.05, 3.63) is 53.6 Å². The maximum Gasteiger partial charge on any atom is 0.259 e. The second kappa shape index (κ2) is 6.62. The van der Waals surface area contributed by atoms with Crippen LogP contribution in [-0.4, -0.2) is 23.5 Å². The van der Waals surface area contributed by atoms with E-state index in [1.165, 1.54) is 6.07 Å². The molecule has 2 aromatic rings. The van der Waals surface area contributed by atoms with Crippen LogP contribution in [0, 0.1) is 5.41 Å². The Morgan fingerprint density at radius 3 is 2.55 bits per heavy atom. The van der Waals surface area contributed by atoms with Gasteiger partial charge in [-0.3, -0.25) is 10.2 Å². The Bertz CT molecular complexity index is 696. The minimum absolute atomic E-state index is 0.0417. The van der Waals surface area contributed by atoms with Gasteiger partial charge in [-0.05, 0) is 43.3 Å². The highest BCUT2D eigenvalue weighted by atomic mass is 16.5. The van der Waals surface area contributed by atoms with Crippen molar-refractivity contribution in [1.82, 2.24) is 0 Å². The van der Waals surface area contributed by atoms with Crippen molar-refractivity contribution in [2.24, 2.45) is 5.73 Å². The molecule has 0 unspecified atom stereocenters. The van der Waals surface area contributed by atoms with Gasteiger partial charge in [0.25, 0.3) is 5.91 Å². The topological polar surface area (TPSA) is 108 Å². The van der Waals surface area contributed by atoms with Crippen LogP contribution in [0.5, 0.6) is 11.5 Å². The fraction of sp³-hybridized carbons (Fsp3) is 0.125. The zero-order chi connectivity index (χ0) is 16.1. The van der Waals surface area contributed by atoms with Gasteiger partial charge in [0.15, 0.2) is 11.5 Å². The van der Waals surface area contributed by atoms with Crippen LogP contribution in [0.2, 0.25) is 0 Å². The summed E-state index contributed by atoms with van der Waals surface area (Å²) >= 11 is 0. The fourth-order valence-corrected chi connectivity index (χ4v) is 1.91. The molecule has 2 rings (SSSR count). The van der Waals surface area contributed by atoms with Crippen molar-refractivity contribution in [1.29, 1.82) is 5.41 Å². The molecule has 5 N–H and O–H groups in total. The molecular formula is C16H17N3O3. The molecule has 22 heavy (non-hydrogen) atoms. The Hall–Kier alpha value is -3.02. The average molecular weight is 299 g/mol. The number of carbonyl (C=O) groups excluding carboxylic acids is 1. The maximum atomic E-state index is 12.2. The standard InChI is InChI=1S/C16H17N3O3/c1-2-22-13-5-3-4-12(14(13)20)16(21)19-11-8-6-10(7-9-11)15(17)18/h3-9,20H,2H2,1H3,(H3,17,18)(H,19,21). The van der Waals surface area contributed by atoms with E-state index >= 15 is 0 Å². The SMILES string of the molecule is CCOc1cccc(C(=O)Nc2ccc(C(=N)N)cc2)c1O. The molecule has 114 valence electrons. The number of aromatic hydroxyl groups is 1. The van der Waals surface area contributed by atoms with Gasteiger partial charge in [0.05, 0.1) is 12.2 Å². The van der Waals surface area contributed by atoms with Crippen LogP contribution >= 0.6 is 0 Å². The third kappa shape index (κ3) is 3.35. The van der Waals surface area contributed by atoms with E-state index in [-0.39, 0.29) is 22.9 Å². The summed E-state index contributed by atoms with van der Waals surface area (Å²) in [5.74, 6) is -0.418. The van der Waals surface area contributed by atoms with Gasteiger partial charge in [-0.2, -0.15) is 0 Å². The van der Waals surface area contributed by atoms with Crippen LogP contribution in [0.3, 0.4) is 0 Å². The van der Waals surface area contributed by atoms with Crippen molar-refractivity contribution in [2.75, 3.05) is 11.9 Å². The predicted molar refractivity (Wildman–Crippen MR) is 84.7 cm³/mol. The molecule has 2 aromatic carbocycles. The average Bonchev–Trinajstić information content (AvgIpc) is 2.50. The van der Waals surface area contributed by atoms with E-state index in [9.17, 15) is 9.90 Å². The summed E-state index contributed by atoms with van der Waals surface area (Å²) in [6, 6.07) is 11.3. The van der Waals surface area contributed by atoms with Crippen LogP contribution in [0.1, 0.15) is 22.8 Å². The highest BCUT2D eigenvalue weighted by Gasteiger charge is 2.15. The Kier molecular flexibility index (Phi) is 4.63. The zero-order valence-corrected chi connectivity index (χ0v) is 12.1. The van der Waals surface area contributed by atoms with Gasteiger partial charge in [-0.25, -0.2) is 0 Å². The normalized spacial score (nSPS) is 10.0. The zero-order valence-electron chi connectivity index (χ0n) is 12.1. The molecule has 0 radical (unpaired) electrons. The van der Waals surface area contributed by atoms with Crippen LogP contribution < -0.4 is 15.8 Å².